The van der Waals surface area contributed by atoms with Gasteiger partial charge in [-0.1, -0.05) is 0 Å². The minimum atomic E-state index is 0.674. The second-order valence-corrected chi connectivity index (χ2v) is 7.81. The maximum atomic E-state index is 5.56. The number of benzene rings is 2. The molecule has 4 nitrogen and oxygen atoms in total. The molecule has 2 aromatic carbocycles. The quantitative estimate of drug-likeness (QED) is 0.327. The minimum absolute atomic E-state index is 0.674. The first-order chi connectivity index (χ1) is 15.0. The van der Waals surface area contributed by atoms with Crippen LogP contribution in [0.1, 0.15) is 35.3 Å². The van der Waals surface area contributed by atoms with E-state index in [1.807, 2.05) is 25.3 Å². The van der Waals surface area contributed by atoms with Crippen LogP contribution in [-0.2, 0) is 0 Å². The van der Waals surface area contributed by atoms with Gasteiger partial charge in [-0.2, -0.15) is 0 Å². The summed E-state index contributed by atoms with van der Waals surface area (Å²) in [4.78, 5) is 4.72. The molecule has 0 aliphatic rings. The van der Waals surface area contributed by atoms with Crippen molar-refractivity contribution >= 4 is 11.9 Å². The molecule has 2 heterocycles. The normalized spacial score (nSPS) is 11.4. The van der Waals surface area contributed by atoms with Crippen LogP contribution in [0, 0.1) is 27.7 Å². The fourth-order valence-corrected chi connectivity index (χ4v) is 4.08. The Balaban J connectivity index is 1.56. The molecule has 0 fully saturated rings. The lowest BCUT2D eigenvalue weighted by molar-refractivity contribution is 0.340. The van der Waals surface area contributed by atoms with E-state index in [4.69, 9.17) is 9.73 Å². The van der Waals surface area contributed by atoms with Gasteiger partial charge in [0.05, 0.1) is 12.3 Å². The molecule has 0 N–H and O–H groups in total. The molecule has 0 aliphatic carbocycles. The summed E-state index contributed by atoms with van der Waals surface area (Å²) in [5.41, 5.74) is 9.15. The van der Waals surface area contributed by atoms with Crippen LogP contribution in [0.15, 0.2) is 71.7 Å². The molecule has 4 heteroatoms. The van der Waals surface area contributed by atoms with Crippen LogP contribution in [0.4, 0.5) is 5.69 Å². The molecule has 158 valence electrons. The highest BCUT2D eigenvalue weighted by atomic mass is 16.5. The first-order valence-electron chi connectivity index (χ1n) is 10.7. The molecule has 0 radical (unpaired) electrons. The largest absolute Gasteiger partial charge is 0.494 e. The lowest BCUT2D eigenvalue weighted by Gasteiger charge is -2.11. The number of hydrogen-bond donors (Lipinski definition) is 0. The molecule has 0 unspecified atom stereocenters. The van der Waals surface area contributed by atoms with Crippen molar-refractivity contribution in [3.63, 3.8) is 0 Å². The zero-order chi connectivity index (χ0) is 22.0. The van der Waals surface area contributed by atoms with E-state index >= 15 is 0 Å². The SMILES string of the molecule is CCOc1ccc(-n2c(C)cc(C=Nc3ccc(-n4c(C)ccc4C)cc3)c2C)cc1. The maximum Gasteiger partial charge on any atom is 0.119 e. The third-order valence-electron chi connectivity index (χ3n) is 5.61. The summed E-state index contributed by atoms with van der Waals surface area (Å²) in [5.74, 6) is 0.893. The van der Waals surface area contributed by atoms with Crippen molar-refractivity contribution in [3.8, 4) is 17.1 Å². The van der Waals surface area contributed by atoms with Crippen molar-refractivity contribution in [3.05, 3.63) is 95.1 Å². The Morgan fingerprint density at radius 3 is 1.94 bits per heavy atom. The predicted octanol–water partition coefficient (Wildman–Crippen LogP) is 6.65. The van der Waals surface area contributed by atoms with Crippen LogP contribution in [-0.4, -0.2) is 22.0 Å². The van der Waals surface area contributed by atoms with E-state index in [0.717, 1.165) is 28.4 Å². The van der Waals surface area contributed by atoms with Gasteiger partial charge in [0.15, 0.2) is 0 Å². The van der Waals surface area contributed by atoms with Gasteiger partial charge in [0.25, 0.3) is 0 Å². The van der Waals surface area contributed by atoms with Crippen molar-refractivity contribution in [2.24, 2.45) is 4.99 Å². The van der Waals surface area contributed by atoms with E-state index in [1.165, 1.54) is 22.8 Å². The van der Waals surface area contributed by atoms with Crippen molar-refractivity contribution in [1.29, 1.82) is 0 Å². The van der Waals surface area contributed by atoms with Crippen LogP contribution in [0.3, 0.4) is 0 Å². The van der Waals surface area contributed by atoms with Crippen LogP contribution in [0.25, 0.3) is 11.4 Å². The zero-order valence-corrected chi connectivity index (χ0v) is 18.9. The Hall–Kier alpha value is -3.53. The molecule has 0 aliphatic heterocycles. The van der Waals surface area contributed by atoms with Crippen molar-refractivity contribution < 1.29 is 4.74 Å². The van der Waals surface area contributed by atoms with Gasteiger partial charge in [0.1, 0.15) is 5.75 Å². The summed E-state index contributed by atoms with van der Waals surface area (Å²) in [6, 6.07) is 23.0. The van der Waals surface area contributed by atoms with Gasteiger partial charge in [0, 0.05) is 45.9 Å². The number of nitrogens with zero attached hydrogens (tertiary/aromatic N) is 3. The third kappa shape index (κ3) is 4.19. The highest BCUT2D eigenvalue weighted by Crippen LogP contribution is 2.24. The van der Waals surface area contributed by atoms with Crippen molar-refractivity contribution in [1.82, 2.24) is 9.13 Å². The molecule has 31 heavy (non-hydrogen) atoms. The van der Waals surface area contributed by atoms with E-state index in [1.54, 1.807) is 0 Å². The first-order valence-corrected chi connectivity index (χ1v) is 10.7. The number of ether oxygens (including phenoxy) is 1. The summed E-state index contributed by atoms with van der Waals surface area (Å²) < 4.78 is 10.1. The zero-order valence-electron chi connectivity index (χ0n) is 18.9. The molecule has 0 amide bonds. The molecule has 4 aromatic rings. The second kappa shape index (κ2) is 8.68. The van der Waals surface area contributed by atoms with Gasteiger partial charge in [-0.3, -0.25) is 4.99 Å². The molecule has 0 spiro atoms. The van der Waals surface area contributed by atoms with Gasteiger partial charge >= 0.3 is 0 Å². The minimum Gasteiger partial charge on any atom is -0.494 e. The first kappa shape index (κ1) is 20.7. The Kier molecular flexibility index (Phi) is 5.81. The fraction of sp³-hybridized carbons (Fsp3) is 0.222. The van der Waals surface area contributed by atoms with Crippen LogP contribution >= 0.6 is 0 Å². The fourth-order valence-electron chi connectivity index (χ4n) is 4.08. The molecule has 0 saturated heterocycles. The monoisotopic (exact) mass is 411 g/mol. The lowest BCUT2D eigenvalue weighted by Crippen LogP contribution is -2.00. The smallest absolute Gasteiger partial charge is 0.119 e. The summed E-state index contributed by atoms with van der Waals surface area (Å²) in [7, 11) is 0. The van der Waals surface area contributed by atoms with Crippen LogP contribution in [0.2, 0.25) is 0 Å². The Labute approximate surface area is 184 Å². The number of rotatable bonds is 6. The Bertz CT molecular complexity index is 1190. The van der Waals surface area contributed by atoms with E-state index < -0.39 is 0 Å². The van der Waals surface area contributed by atoms with E-state index in [-0.39, 0.29) is 0 Å². The lowest BCUT2D eigenvalue weighted by atomic mass is 10.2. The molecule has 0 bridgehead atoms. The van der Waals surface area contributed by atoms with E-state index in [0.29, 0.717) is 6.61 Å². The Morgan fingerprint density at radius 1 is 0.742 bits per heavy atom. The second-order valence-electron chi connectivity index (χ2n) is 7.81. The predicted molar refractivity (Wildman–Crippen MR) is 129 cm³/mol. The number of aliphatic imine (C=N–C) groups is 1. The average Bonchev–Trinajstić information content (AvgIpc) is 3.25. The van der Waals surface area contributed by atoms with Gasteiger partial charge in [-0.05, 0) is 101 Å². The third-order valence-corrected chi connectivity index (χ3v) is 5.61. The van der Waals surface area contributed by atoms with Gasteiger partial charge in [0.2, 0.25) is 0 Å². The average molecular weight is 412 g/mol. The molecule has 0 atom stereocenters. The number of aryl methyl sites for hydroxylation is 3. The van der Waals surface area contributed by atoms with Crippen LogP contribution < -0.4 is 4.74 Å². The number of aromatic nitrogens is 2. The van der Waals surface area contributed by atoms with Crippen LogP contribution in [0.5, 0.6) is 5.75 Å². The standard InChI is InChI=1S/C27H29N3O/c1-6-31-27-15-13-26(14-16-27)30-21(4)17-23(22(30)5)18-28-24-9-11-25(12-10-24)29-19(2)7-8-20(29)3/h7-18H,6H2,1-5H3. The maximum absolute atomic E-state index is 5.56. The Morgan fingerprint density at radius 2 is 1.32 bits per heavy atom. The number of hydrogen-bond acceptors (Lipinski definition) is 2. The summed E-state index contributed by atoms with van der Waals surface area (Å²) in [6.45, 7) is 11.2. The highest BCUT2D eigenvalue weighted by molar-refractivity contribution is 5.84. The van der Waals surface area contributed by atoms with Gasteiger partial charge in [-0.15, -0.1) is 0 Å². The van der Waals surface area contributed by atoms with E-state index in [2.05, 4.69) is 91.4 Å². The molecule has 0 saturated carbocycles. The van der Waals surface area contributed by atoms with Crippen molar-refractivity contribution in [2.75, 3.05) is 6.61 Å². The molecule has 2 aromatic heterocycles. The molecule has 4 rings (SSSR count). The topological polar surface area (TPSA) is 31.4 Å². The molecular weight excluding hydrogens is 382 g/mol. The van der Waals surface area contributed by atoms with Gasteiger partial charge in [-0.25, -0.2) is 0 Å². The van der Waals surface area contributed by atoms with E-state index in [9.17, 15) is 0 Å². The summed E-state index contributed by atoms with van der Waals surface area (Å²) >= 11 is 0. The highest BCUT2D eigenvalue weighted by Gasteiger charge is 2.10. The summed E-state index contributed by atoms with van der Waals surface area (Å²) in [6.07, 6.45) is 1.95. The van der Waals surface area contributed by atoms with Gasteiger partial charge < -0.3 is 13.9 Å². The molecular formula is C27H29N3O. The summed E-state index contributed by atoms with van der Waals surface area (Å²) in [5, 5.41) is 0. The van der Waals surface area contributed by atoms with Crippen molar-refractivity contribution in [2.45, 2.75) is 34.6 Å².